The number of aryl methyl sites for hydroxylation is 1. The van der Waals surface area contributed by atoms with E-state index >= 15 is 0 Å². The van der Waals surface area contributed by atoms with Gasteiger partial charge in [-0.2, -0.15) is 0 Å². The minimum Gasteiger partial charge on any atom is -0.508 e. The molecule has 1 fully saturated rings. The van der Waals surface area contributed by atoms with Crippen LogP contribution in [0.1, 0.15) is 36.9 Å². The third-order valence-corrected chi connectivity index (χ3v) is 4.12. The molecule has 1 aromatic rings. The van der Waals surface area contributed by atoms with Crippen molar-refractivity contribution in [3.8, 4) is 5.75 Å². The zero-order chi connectivity index (χ0) is 12.6. The van der Waals surface area contributed by atoms with E-state index in [-0.39, 0.29) is 0 Å². The van der Waals surface area contributed by atoms with Crippen LogP contribution < -0.4 is 5.32 Å². The van der Waals surface area contributed by atoms with E-state index in [4.69, 9.17) is 4.74 Å². The van der Waals surface area contributed by atoms with E-state index in [1.165, 1.54) is 17.5 Å². The van der Waals surface area contributed by atoms with Crippen LogP contribution in [-0.4, -0.2) is 24.9 Å². The van der Waals surface area contributed by atoms with Crippen LogP contribution in [0.5, 0.6) is 5.75 Å². The van der Waals surface area contributed by atoms with Gasteiger partial charge in [-0.3, -0.25) is 0 Å². The number of aromatic hydroxyl groups is 1. The molecule has 98 valence electrons. The lowest BCUT2D eigenvalue weighted by molar-refractivity contribution is -0.100. The molecule has 1 unspecified atom stereocenters. The molecule has 1 saturated heterocycles. The standard InChI is InChI=1S/C15H21NO2/c1-15(9-18-10-15)8-16-14-4-2-3-11-5-6-12(17)7-13(11)14/h5-7,14,16-17H,2-4,8-10H2,1H3. The molecule has 18 heavy (non-hydrogen) atoms. The fourth-order valence-electron chi connectivity index (χ4n) is 2.92. The molecular weight excluding hydrogens is 226 g/mol. The van der Waals surface area contributed by atoms with Gasteiger partial charge in [0.25, 0.3) is 0 Å². The molecule has 0 amide bonds. The first-order valence-electron chi connectivity index (χ1n) is 6.79. The van der Waals surface area contributed by atoms with Gasteiger partial charge in [0.05, 0.1) is 13.2 Å². The van der Waals surface area contributed by atoms with Gasteiger partial charge in [-0.15, -0.1) is 0 Å². The molecule has 2 aliphatic rings. The zero-order valence-electron chi connectivity index (χ0n) is 10.9. The van der Waals surface area contributed by atoms with Crippen molar-refractivity contribution in [3.63, 3.8) is 0 Å². The number of fused-ring (bicyclic) bond motifs is 1. The fourth-order valence-corrected chi connectivity index (χ4v) is 2.92. The smallest absolute Gasteiger partial charge is 0.115 e. The number of ether oxygens (including phenoxy) is 1. The topological polar surface area (TPSA) is 41.5 Å². The summed E-state index contributed by atoms with van der Waals surface area (Å²) in [4.78, 5) is 0. The summed E-state index contributed by atoms with van der Waals surface area (Å²) in [6, 6.07) is 6.17. The highest BCUT2D eigenvalue weighted by Gasteiger charge is 2.34. The van der Waals surface area contributed by atoms with Crippen LogP contribution in [0.2, 0.25) is 0 Å². The third kappa shape index (κ3) is 2.25. The lowest BCUT2D eigenvalue weighted by Crippen LogP contribution is -2.48. The maximum absolute atomic E-state index is 9.64. The minimum atomic E-state index is 0.300. The molecule has 1 atom stereocenters. The molecule has 0 spiro atoms. The molecule has 3 nitrogen and oxygen atoms in total. The van der Waals surface area contributed by atoms with E-state index in [0.717, 1.165) is 32.6 Å². The summed E-state index contributed by atoms with van der Waals surface area (Å²) in [5.74, 6) is 0.376. The minimum absolute atomic E-state index is 0.300. The van der Waals surface area contributed by atoms with E-state index in [0.29, 0.717) is 17.2 Å². The zero-order valence-corrected chi connectivity index (χ0v) is 10.9. The third-order valence-electron chi connectivity index (χ3n) is 4.12. The van der Waals surface area contributed by atoms with E-state index in [2.05, 4.69) is 18.3 Å². The summed E-state index contributed by atoms with van der Waals surface area (Å²) < 4.78 is 5.29. The number of benzene rings is 1. The van der Waals surface area contributed by atoms with Crippen LogP contribution in [0, 0.1) is 5.41 Å². The van der Waals surface area contributed by atoms with Crippen molar-refractivity contribution in [3.05, 3.63) is 29.3 Å². The van der Waals surface area contributed by atoms with E-state index in [9.17, 15) is 5.11 Å². The summed E-state index contributed by atoms with van der Waals surface area (Å²) in [5.41, 5.74) is 2.96. The van der Waals surface area contributed by atoms with Crippen LogP contribution in [0.3, 0.4) is 0 Å². The van der Waals surface area contributed by atoms with Crippen LogP contribution in [0.25, 0.3) is 0 Å². The maximum atomic E-state index is 9.64. The van der Waals surface area contributed by atoms with Crippen molar-refractivity contribution in [2.75, 3.05) is 19.8 Å². The van der Waals surface area contributed by atoms with Gasteiger partial charge < -0.3 is 15.2 Å². The molecule has 0 aromatic heterocycles. The van der Waals surface area contributed by atoms with Crippen LogP contribution in [0.15, 0.2) is 18.2 Å². The molecule has 1 aromatic carbocycles. The van der Waals surface area contributed by atoms with Crippen LogP contribution in [0.4, 0.5) is 0 Å². The maximum Gasteiger partial charge on any atom is 0.115 e. The largest absolute Gasteiger partial charge is 0.508 e. The van der Waals surface area contributed by atoms with E-state index in [1.807, 2.05) is 6.07 Å². The highest BCUT2D eigenvalue weighted by molar-refractivity contribution is 5.38. The van der Waals surface area contributed by atoms with E-state index in [1.54, 1.807) is 6.07 Å². The Labute approximate surface area is 108 Å². The summed E-state index contributed by atoms with van der Waals surface area (Å²) in [7, 11) is 0. The molecule has 0 radical (unpaired) electrons. The molecule has 1 aliphatic heterocycles. The Bertz CT molecular complexity index is 440. The normalized spacial score (nSPS) is 25.3. The second-order valence-electron chi connectivity index (χ2n) is 6.01. The number of hydrogen-bond acceptors (Lipinski definition) is 3. The van der Waals surface area contributed by atoms with Crippen molar-refractivity contribution < 1.29 is 9.84 Å². The Morgan fingerprint density at radius 3 is 3.00 bits per heavy atom. The Kier molecular flexibility index (Phi) is 3.04. The van der Waals surface area contributed by atoms with Crippen molar-refractivity contribution in [2.24, 2.45) is 5.41 Å². The Morgan fingerprint density at radius 1 is 1.44 bits per heavy atom. The predicted molar refractivity (Wildman–Crippen MR) is 70.7 cm³/mol. The predicted octanol–water partition coefficient (Wildman–Crippen LogP) is 2.40. The molecular formula is C15H21NO2. The summed E-state index contributed by atoms with van der Waals surface area (Å²) in [6.45, 7) is 4.97. The molecule has 1 heterocycles. The van der Waals surface area contributed by atoms with Gasteiger partial charge in [0.1, 0.15) is 5.75 Å². The monoisotopic (exact) mass is 247 g/mol. The van der Waals surface area contributed by atoms with Crippen LogP contribution in [-0.2, 0) is 11.2 Å². The summed E-state index contributed by atoms with van der Waals surface area (Å²) >= 11 is 0. The van der Waals surface area contributed by atoms with Gasteiger partial charge in [0, 0.05) is 18.0 Å². The number of phenols is 1. The number of rotatable bonds is 3. The van der Waals surface area contributed by atoms with Gasteiger partial charge in [-0.05, 0) is 42.5 Å². The molecule has 2 N–H and O–H groups in total. The summed E-state index contributed by atoms with van der Waals surface area (Å²) in [6.07, 6.45) is 3.52. The Morgan fingerprint density at radius 2 is 2.28 bits per heavy atom. The molecule has 0 saturated carbocycles. The SMILES string of the molecule is CC1(CNC2CCCc3ccc(O)cc32)COC1. The second-order valence-corrected chi connectivity index (χ2v) is 6.01. The number of nitrogens with one attached hydrogen (secondary N) is 1. The molecule has 1 aliphatic carbocycles. The van der Waals surface area contributed by atoms with Gasteiger partial charge in [-0.25, -0.2) is 0 Å². The Balaban J connectivity index is 1.72. The lowest BCUT2D eigenvalue weighted by atomic mass is 9.85. The number of hydrogen-bond donors (Lipinski definition) is 2. The van der Waals surface area contributed by atoms with Crippen molar-refractivity contribution >= 4 is 0 Å². The van der Waals surface area contributed by atoms with Gasteiger partial charge in [-0.1, -0.05) is 13.0 Å². The first-order valence-corrected chi connectivity index (χ1v) is 6.79. The molecule has 0 bridgehead atoms. The average molecular weight is 247 g/mol. The highest BCUT2D eigenvalue weighted by atomic mass is 16.5. The first-order chi connectivity index (χ1) is 8.66. The van der Waals surface area contributed by atoms with Gasteiger partial charge in [0.2, 0.25) is 0 Å². The highest BCUT2D eigenvalue weighted by Crippen LogP contribution is 2.33. The fraction of sp³-hybridized carbons (Fsp3) is 0.600. The second kappa shape index (κ2) is 4.56. The van der Waals surface area contributed by atoms with Crippen molar-refractivity contribution in [2.45, 2.75) is 32.2 Å². The van der Waals surface area contributed by atoms with Gasteiger partial charge in [0.15, 0.2) is 0 Å². The van der Waals surface area contributed by atoms with Gasteiger partial charge >= 0.3 is 0 Å². The van der Waals surface area contributed by atoms with Crippen LogP contribution >= 0.6 is 0 Å². The quantitative estimate of drug-likeness (QED) is 0.861. The Hall–Kier alpha value is -1.06. The molecule has 3 heteroatoms. The lowest BCUT2D eigenvalue weighted by Gasteiger charge is -2.40. The van der Waals surface area contributed by atoms with E-state index < -0.39 is 0 Å². The molecule has 3 rings (SSSR count). The first kappa shape index (κ1) is 12.0. The van der Waals surface area contributed by atoms with Crippen molar-refractivity contribution in [1.29, 1.82) is 0 Å². The van der Waals surface area contributed by atoms with Crippen molar-refractivity contribution in [1.82, 2.24) is 5.32 Å². The summed E-state index contributed by atoms with van der Waals surface area (Å²) in [5, 5.41) is 13.3. The number of phenolic OH excluding ortho intramolecular Hbond substituents is 1. The average Bonchev–Trinajstić information content (AvgIpc) is 2.34.